The fourth-order valence-corrected chi connectivity index (χ4v) is 3.23. The van der Waals surface area contributed by atoms with E-state index in [0.717, 1.165) is 10.4 Å². The number of benzene rings is 1. The molecule has 0 aliphatic heterocycles. The number of anilines is 1. The largest absolute Gasteiger partial charge is 0.484 e. The second-order valence-corrected chi connectivity index (χ2v) is 6.90. The molecule has 3 aromatic rings. The van der Waals surface area contributed by atoms with Crippen molar-refractivity contribution in [1.29, 1.82) is 0 Å². The van der Waals surface area contributed by atoms with Crippen LogP contribution in [0.5, 0.6) is 5.75 Å². The molecule has 1 aromatic carbocycles. The third-order valence-electron chi connectivity index (χ3n) is 3.53. The van der Waals surface area contributed by atoms with Crippen molar-refractivity contribution < 1.29 is 9.53 Å². The minimum Gasteiger partial charge on any atom is -0.484 e. The molecule has 6 heteroatoms. The number of carbonyl (C=O) groups is 1. The third-order valence-corrected chi connectivity index (χ3v) is 4.51. The predicted octanol–water partition coefficient (Wildman–Crippen LogP) is 3.70. The molecule has 0 spiro atoms. The third kappa shape index (κ3) is 4.02. The number of amides is 1. The lowest BCUT2D eigenvalue weighted by Gasteiger charge is -2.19. The van der Waals surface area contributed by atoms with Gasteiger partial charge in [0.1, 0.15) is 5.75 Å². The Morgan fingerprint density at radius 1 is 1.25 bits per heavy atom. The standard InChI is InChI=1S/C18H19N3O2S/c1-13-4-3-5-15(10-13)23-12-18(22)21(17-8-9-19-20-17)11-16-7-6-14(2)24-16/h3-10H,11-12H2,1-2H3,(H,19,20). The Labute approximate surface area is 144 Å². The van der Waals surface area contributed by atoms with Crippen molar-refractivity contribution in [3.63, 3.8) is 0 Å². The van der Waals surface area contributed by atoms with Crippen LogP contribution < -0.4 is 9.64 Å². The molecule has 0 aliphatic rings. The van der Waals surface area contributed by atoms with Gasteiger partial charge in [-0.1, -0.05) is 12.1 Å². The van der Waals surface area contributed by atoms with Crippen molar-refractivity contribution in [2.75, 3.05) is 11.5 Å². The summed E-state index contributed by atoms with van der Waals surface area (Å²) in [5, 5.41) is 6.89. The van der Waals surface area contributed by atoms with Crippen LogP contribution in [0.3, 0.4) is 0 Å². The molecule has 0 saturated carbocycles. The molecule has 0 unspecified atom stereocenters. The van der Waals surface area contributed by atoms with Gasteiger partial charge in [0, 0.05) is 22.0 Å². The summed E-state index contributed by atoms with van der Waals surface area (Å²) in [7, 11) is 0. The Hall–Kier alpha value is -2.60. The minimum absolute atomic E-state index is 0.0271. The number of hydrogen-bond acceptors (Lipinski definition) is 4. The summed E-state index contributed by atoms with van der Waals surface area (Å²) in [6, 6.07) is 13.5. The Balaban J connectivity index is 1.71. The molecule has 2 heterocycles. The van der Waals surface area contributed by atoms with Crippen molar-refractivity contribution in [1.82, 2.24) is 10.2 Å². The quantitative estimate of drug-likeness (QED) is 0.744. The van der Waals surface area contributed by atoms with Gasteiger partial charge in [-0.15, -0.1) is 11.3 Å². The summed E-state index contributed by atoms with van der Waals surface area (Å²) in [4.78, 5) is 16.6. The summed E-state index contributed by atoms with van der Waals surface area (Å²) in [6.07, 6.45) is 1.71. The van der Waals surface area contributed by atoms with E-state index in [-0.39, 0.29) is 12.5 Å². The Kier molecular flexibility index (Phi) is 4.96. The van der Waals surface area contributed by atoms with E-state index in [9.17, 15) is 4.79 Å². The van der Waals surface area contributed by atoms with Gasteiger partial charge in [-0.25, -0.2) is 0 Å². The molecule has 0 bridgehead atoms. The van der Waals surface area contributed by atoms with Crippen LogP contribution in [0.25, 0.3) is 0 Å². The highest BCUT2D eigenvalue weighted by Gasteiger charge is 2.19. The highest BCUT2D eigenvalue weighted by atomic mass is 32.1. The van der Waals surface area contributed by atoms with Crippen LogP contribution in [0.2, 0.25) is 0 Å². The van der Waals surface area contributed by atoms with E-state index in [1.807, 2.05) is 37.3 Å². The maximum atomic E-state index is 12.7. The van der Waals surface area contributed by atoms with Crippen molar-refractivity contribution in [2.45, 2.75) is 20.4 Å². The Bertz CT molecular complexity index is 811. The molecule has 0 radical (unpaired) electrons. The number of carbonyl (C=O) groups excluding carboxylic acids is 1. The molecule has 1 N–H and O–H groups in total. The van der Waals surface area contributed by atoms with Gasteiger partial charge in [-0.05, 0) is 43.7 Å². The molecular formula is C18H19N3O2S. The first-order valence-corrected chi connectivity index (χ1v) is 8.48. The van der Waals surface area contributed by atoms with Gasteiger partial charge in [0.05, 0.1) is 6.54 Å². The lowest BCUT2D eigenvalue weighted by Crippen LogP contribution is -2.34. The second kappa shape index (κ2) is 7.31. The summed E-state index contributed by atoms with van der Waals surface area (Å²) < 4.78 is 5.64. The van der Waals surface area contributed by atoms with Gasteiger partial charge in [0.25, 0.3) is 5.91 Å². The van der Waals surface area contributed by atoms with E-state index in [1.54, 1.807) is 28.5 Å². The van der Waals surface area contributed by atoms with E-state index in [0.29, 0.717) is 18.1 Å². The number of H-pyrrole nitrogens is 1. The maximum Gasteiger partial charge on any atom is 0.266 e. The summed E-state index contributed by atoms with van der Waals surface area (Å²) in [5.41, 5.74) is 1.10. The number of hydrogen-bond donors (Lipinski definition) is 1. The van der Waals surface area contributed by atoms with Gasteiger partial charge in [-0.3, -0.25) is 14.8 Å². The average molecular weight is 341 g/mol. The molecule has 0 saturated heterocycles. The summed E-state index contributed by atoms with van der Waals surface area (Å²) in [6.45, 7) is 4.50. The average Bonchev–Trinajstić information content (AvgIpc) is 3.22. The van der Waals surface area contributed by atoms with Crippen LogP contribution in [-0.2, 0) is 11.3 Å². The number of thiophene rings is 1. The van der Waals surface area contributed by atoms with Crippen LogP contribution in [0.1, 0.15) is 15.3 Å². The Morgan fingerprint density at radius 2 is 2.12 bits per heavy atom. The lowest BCUT2D eigenvalue weighted by molar-refractivity contribution is -0.120. The second-order valence-electron chi connectivity index (χ2n) is 5.53. The van der Waals surface area contributed by atoms with E-state index in [4.69, 9.17) is 4.74 Å². The lowest BCUT2D eigenvalue weighted by atomic mass is 10.2. The van der Waals surface area contributed by atoms with E-state index in [2.05, 4.69) is 23.2 Å². The van der Waals surface area contributed by atoms with Gasteiger partial charge >= 0.3 is 0 Å². The number of nitrogens with one attached hydrogen (secondary N) is 1. The van der Waals surface area contributed by atoms with Crippen LogP contribution in [0.4, 0.5) is 5.82 Å². The van der Waals surface area contributed by atoms with Crippen LogP contribution >= 0.6 is 11.3 Å². The molecule has 0 fully saturated rings. The predicted molar refractivity (Wildman–Crippen MR) is 95.5 cm³/mol. The molecule has 124 valence electrons. The van der Waals surface area contributed by atoms with E-state index in [1.165, 1.54) is 4.88 Å². The first kappa shape index (κ1) is 16.3. The molecule has 5 nitrogen and oxygen atoms in total. The number of aryl methyl sites for hydroxylation is 2. The molecule has 1 amide bonds. The molecule has 0 aliphatic carbocycles. The Morgan fingerprint density at radius 3 is 2.79 bits per heavy atom. The zero-order valence-corrected chi connectivity index (χ0v) is 14.5. The zero-order valence-electron chi connectivity index (χ0n) is 13.7. The first-order valence-electron chi connectivity index (χ1n) is 7.67. The van der Waals surface area contributed by atoms with Gasteiger partial charge < -0.3 is 4.74 Å². The number of aromatic nitrogens is 2. The van der Waals surface area contributed by atoms with Gasteiger partial charge in [-0.2, -0.15) is 5.10 Å². The molecule has 24 heavy (non-hydrogen) atoms. The minimum atomic E-state index is -0.130. The van der Waals surface area contributed by atoms with Crippen molar-refractivity contribution in [3.05, 3.63) is 64.0 Å². The fourth-order valence-electron chi connectivity index (χ4n) is 2.35. The highest BCUT2D eigenvalue weighted by Crippen LogP contribution is 2.21. The van der Waals surface area contributed by atoms with Crippen LogP contribution in [-0.4, -0.2) is 22.7 Å². The SMILES string of the molecule is Cc1cccc(OCC(=O)N(Cc2ccc(C)s2)c2cc[nH]n2)c1. The van der Waals surface area contributed by atoms with Crippen molar-refractivity contribution in [2.24, 2.45) is 0 Å². The molecule has 3 rings (SSSR count). The fraction of sp³-hybridized carbons (Fsp3) is 0.222. The zero-order chi connectivity index (χ0) is 16.9. The van der Waals surface area contributed by atoms with Gasteiger partial charge in [0.2, 0.25) is 0 Å². The maximum absolute atomic E-state index is 12.7. The summed E-state index contributed by atoms with van der Waals surface area (Å²) >= 11 is 1.67. The van der Waals surface area contributed by atoms with Gasteiger partial charge in [0.15, 0.2) is 12.4 Å². The van der Waals surface area contributed by atoms with Crippen LogP contribution in [0.15, 0.2) is 48.7 Å². The van der Waals surface area contributed by atoms with E-state index >= 15 is 0 Å². The number of aromatic amines is 1. The van der Waals surface area contributed by atoms with Crippen molar-refractivity contribution in [3.8, 4) is 5.75 Å². The van der Waals surface area contributed by atoms with Crippen LogP contribution in [0, 0.1) is 13.8 Å². The molecular weight excluding hydrogens is 322 g/mol. The van der Waals surface area contributed by atoms with E-state index < -0.39 is 0 Å². The molecule has 2 aromatic heterocycles. The summed E-state index contributed by atoms with van der Waals surface area (Å²) in [5.74, 6) is 1.16. The monoisotopic (exact) mass is 341 g/mol. The number of nitrogens with zero attached hydrogens (tertiary/aromatic N) is 2. The topological polar surface area (TPSA) is 58.2 Å². The number of rotatable bonds is 6. The first-order chi connectivity index (χ1) is 11.6. The molecule has 0 atom stereocenters. The number of ether oxygens (including phenoxy) is 1. The normalized spacial score (nSPS) is 10.6. The van der Waals surface area contributed by atoms with Crippen molar-refractivity contribution >= 4 is 23.1 Å². The highest BCUT2D eigenvalue weighted by molar-refractivity contribution is 7.11. The smallest absolute Gasteiger partial charge is 0.266 e.